The molecule has 0 aliphatic rings. The molecule has 68 valence electrons. The summed E-state index contributed by atoms with van der Waals surface area (Å²) in [6.45, 7) is 1.91. The molecule has 0 heterocycles. The molecule has 0 N–H and O–H groups in total. The summed E-state index contributed by atoms with van der Waals surface area (Å²) >= 11 is 5.46. The summed E-state index contributed by atoms with van der Waals surface area (Å²) in [4.78, 5) is 0. The first-order valence-electron chi connectivity index (χ1n) is 4.05. The average molecular weight is 197 g/mol. The first-order chi connectivity index (χ1) is 6.24. The lowest BCUT2D eigenvalue weighted by atomic mass is 10.1. The quantitative estimate of drug-likeness (QED) is 0.478. The Labute approximate surface area is 82.7 Å². The molecule has 0 aliphatic heterocycles. The van der Waals surface area contributed by atoms with Gasteiger partial charge >= 0.3 is 0 Å². The fraction of sp³-hybridized carbons (Fsp3) is 0.273. The van der Waals surface area contributed by atoms with Crippen molar-refractivity contribution in [2.75, 3.05) is 5.88 Å². The molecule has 0 aromatic heterocycles. The van der Waals surface area contributed by atoms with E-state index in [0.717, 1.165) is 11.1 Å². The van der Waals surface area contributed by atoms with Crippen LogP contribution in [0.3, 0.4) is 0 Å². The Kier molecular flexibility index (Phi) is 3.79. The van der Waals surface area contributed by atoms with E-state index in [4.69, 9.17) is 11.6 Å². The zero-order chi connectivity index (χ0) is 9.68. The fourth-order valence-corrected chi connectivity index (χ4v) is 1.03. The van der Waals surface area contributed by atoms with E-state index in [-0.39, 0.29) is 5.82 Å². The summed E-state index contributed by atoms with van der Waals surface area (Å²) in [5, 5.41) is 0. The maximum absolute atomic E-state index is 12.8. The van der Waals surface area contributed by atoms with Crippen molar-refractivity contribution in [1.29, 1.82) is 0 Å². The zero-order valence-electron chi connectivity index (χ0n) is 7.40. The average Bonchev–Trinajstić information content (AvgIpc) is 2.11. The van der Waals surface area contributed by atoms with Gasteiger partial charge in [0.15, 0.2) is 0 Å². The Morgan fingerprint density at radius 3 is 2.92 bits per heavy atom. The number of hydrogen-bond donors (Lipinski definition) is 0. The smallest absolute Gasteiger partial charge is 0.124 e. The van der Waals surface area contributed by atoms with Gasteiger partial charge < -0.3 is 0 Å². The molecule has 0 aliphatic carbocycles. The highest BCUT2D eigenvalue weighted by molar-refractivity contribution is 6.18. The second-order valence-electron chi connectivity index (χ2n) is 2.70. The molecule has 2 heteroatoms. The van der Waals surface area contributed by atoms with Crippen LogP contribution in [0.4, 0.5) is 4.39 Å². The van der Waals surface area contributed by atoms with Crippen molar-refractivity contribution in [2.45, 2.75) is 13.3 Å². The normalized spacial score (nSPS) is 9.15. The van der Waals surface area contributed by atoms with Crippen LogP contribution in [-0.4, -0.2) is 5.88 Å². The fourth-order valence-electron chi connectivity index (χ4n) is 0.934. The largest absolute Gasteiger partial charge is 0.207 e. The first kappa shape index (κ1) is 10.1. The SMILES string of the molecule is Cc1ccc(F)cc1C#CCCCl. The summed E-state index contributed by atoms with van der Waals surface area (Å²) in [7, 11) is 0. The van der Waals surface area contributed by atoms with Gasteiger partial charge in [0, 0.05) is 17.9 Å². The van der Waals surface area contributed by atoms with Crippen molar-refractivity contribution in [3.63, 3.8) is 0 Å². The highest BCUT2D eigenvalue weighted by atomic mass is 35.5. The molecule has 0 nitrogen and oxygen atoms in total. The monoisotopic (exact) mass is 196 g/mol. The van der Waals surface area contributed by atoms with Gasteiger partial charge in [-0.15, -0.1) is 11.6 Å². The standard InChI is InChI=1S/C11H10ClF/c1-9-5-6-11(13)8-10(9)4-2-3-7-12/h5-6,8H,3,7H2,1H3. The Hall–Kier alpha value is -1.00. The van der Waals surface area contributed by atoms with E-state index >= 15 is 0 Å². The van der Waals surface area contributed by atoms with Gasteiger partial charge in [0.2, 0.25) is 0 Å². The van der Waals surface area contributed by atoms with E-state index in [1.807, 2.05) is 6.92 Å². The van der Waals surface area contributed by atoms with Gasteiger partial charge in [-0.3, -0.25) is 0 Å². The molecule has 1 rings (SSSR count). The van der Waals surface area contributed by atoms with Crippen LogP contribution in [0.1, 0.15) is 17.5 Å². The third kappa shape index (κ3) is 3.08. The van der Waals surface area contributed by atoms with Crippen molar-refractivity contribution in [3.8, 4) is 11.8 Å². The molecule has 0 radical (unpaired) electrons. The molecule has 0 spiro atoms. The van der Waals surface area contributed by atoms with E-state index in [0.29, 0.717) is 12.3 Å². The van der Waals surface area contributed by atoms with Crippen molar-refractivity contribution in [3.05, 3.63) is 35.1 Å². The number of hydrogen-bond acceptors (Lipinski definition) is 0. The van der Waals surface area contributed by atoms with E-state index in [1.54, 1.807) is 6.07 Å². The van der Waals surface area contributed by atoms with E-state index in [1.165, 1.54) is 12.1 Å². The molecule has 1 aromatic rings. The number of rotatable bonds is 1. The van der Waals surface area contributed by atoms with Gasteiger partial charge in [0.25, 0.3) is 0 Å². The maximum atomic E-state index is 12.8. The molecule has 0 unspecified atom stereocenters. The summed E-state index contributed by atoms with van der Waals surface area (Å²) in [6.07, 6.45) is 0.636. The molecule has 0 bridgehead atoms. The van der Waals surface area contributed by atoms with Crippen LogP contribution < -0.4 is 0 Å². The van der Waals surface area contributed by atoms with E-state index < -0.39 is 0 Å². The molecule has 0 saturated heterocycles. The molecule has 1 aromatic carbocycles. The zero-order valence-corrected chi connectivity index (χ0v) is 8.16. The van der Waals surface area contributed by atoms with Crippen molar-refractivity contribution >= 4 is 11.6 Å². The number of aryl methyl sites for hydroxylation is 1. The number of halogens is 2. The minimum atomic E-state index is -0.249. The molecular weight excluding hydrogens is 187 g/mol. The van der Waals surface area contributed by atoms with Crippen LogP contribution in [0.15, 0.2) is 18.2 Å². The Morgan fingerprint density at radius 1 is 1.46 bits per heavy atom. The van der Waals surface area contributed by atoms with E-state index in [9.17, 15) is 4.39 Å². The minimum absolute atomic E-state index is 0.249. The third-order valence-electron chi connectivity index (χ3n) is 1.64. The Balaban J connectivity index is 2.89. The lowest BCUT2D eigenvalue weighted by molar-refractivity contribution is 0.627. The molecule has 0 atom stereocenters. The van der Waals surface area contributed by atoms with Crippen LogP contribution in [0.5, 0.6) is 0 Å². The number of alkyl halides is 1. The van der Waals surface area contributed by atoms with Gasteiger partial charge in [0.05, 0.1) is 0 Å². The first-order valence-corrected chi connectivity index (χ1v) is 4.58. The highest BCUT2D eigenvalue weighted by Gasteiger charge is 1.95. The summed E-state index contributed by atoms with van der Waals surface area (Å²) < 4.78 is 12.8. The maximum Gasteiger partial charge on any atom is 0.124 e. The van der Waals surface area contributed by atoms with Crippen LogP contribution in [0, 0.1) is 24.6 Å². The molecule has 0 saturated carbocycles. The lowest BCUT2D eigenvalue weighted by Gasteiger charge is -1.96. The minimum Gasteiger partial charge on any atom is -0.207 e. The van der Waals surface area contributed by atoms with Crippen LogP contribution >= 0.6 is 11.6 Å². The van der Waals surface area contributed by atoms with Crippen molar-refractivity contribution in [1.82, 2.24) is 0 Å². The number of benzene rings is 1. The molecular formula is C11H10ClF. The Bertz CT molecular complexity index is 347. The predicted octanol–water partition coefficient (Wildman–Crippen LogP) is 3.11. The molecule has 0 fully saturated rings. The molecule has 0 amide bonds. The Morgan fingerprint density at radius 2 is 2.23 bits per heavy atom. The lowest BCUT2D eigenvalue weighted by Crippen LogP contribution is -1.84. The second-order valence-corrected chi connectivity index (χ2v) is 3.08. The van der Waals surface area contributed by atoms with Crippen molar-refractivity contribution in [2.24, 2.45) is 0 Å². The summed E-state index contributed by atoms with van der Waals surface area (Å²) in [6, 6.07) is 4.60. The van der Waals surface area contributed by atoms with Crippen LogP contribution in [0.2, 0.25) is 0 Å². The van der Waals surface area contributed by atoms with Gasteiger partial charge in [-0.2, -0.15) is 0 Å². The summed E-state index contributed by atoms with van der Waals surface area (Å²) in [5.74, 6) is 6.02. The predicted molar refractivity (Wildman–Crippen MR) is 53.4 cm³/mol. The second kappa shape index (κ2) is 4.89. The molecule has 13 heavy (non-hydrogen) atoms. The third-order valence-corrected chi connectivity index (χ3v) is 1.83. The summed E-state index contributed by atoms with van der Waals surface area (Å²) in [5.41, 5.74) is 1.73. The van der Waals surface area contributed by atoms with Crippen molar-refractivity contribution < 1.29 is 4.39 Å². The highest BCUT2D eigenvalue weighted by Crippen LogP contribution is 2.08. The van der Waals surface area contributed by atoms with Gasteiger partial charge in [-0.25, -0.2) is 4.39 Å². The van der Waals surface area contributed by atoms with Crippen LogP contribution in [-0.2, 0) is 0 Å². The van der Waals surface area contributed by atoms with Gasteiger partial charge in [-0.1, -0.05) is 17.9 Å². The van der Waals surface area contributed by atoms with E-state index in [2.05, 4.69) is 11.8 Å². The topological polar surface area (TPSA) is 0 Å². The van der Waals surface area contributed by atoms with Gasteiger partial charge in [-0.05, 0) is 24.6 Å². The van der Waals surface area contributed by atoms with Crippen LogP contribution in [0.25, 0.3) is 0 Å². The van der Waals surface area contributed by atoms with Gasteiger partial charge in [0.1, 0.15) is 5.82 Å².